The van der Waals surface area contributed by atoms with E-state index in [1.54, 1.807) is 0 Å². The Balaban J connectivity index is 2.32. The summed E-state index contributed by atoms with van der Waals surface area (Å²) in [4.78, 5) is 25.2. The van der Waals surface area contributed by atoms with Crippen LogP contribution in [0, 0.1) is 34.0 Å². The Morgan fingerprint density at radius 2 is 2.04 bits per heavy atom. The summed E-state index contributed by atoms with van der Waals surface area (Å²) >= 11 is 0. The molecule has 0 fully saturated rings. The molecule has 28 heavy (non-hydrogen) atoms. The van der Waals surface area contributed by atoms with Crippen molar-refractivity contribution in [3.8, 4) is 12.1 Å². The van der Waals surface area contributed by atoms with Crippen molar-refractivity contribution in [3.63, 3.8) is 0 Å². The highest BCUT2D eigenvalue weighted by Gasteiger charge is 2.59. The van der Waals surface area contributed by atoms with Gasteiger partial charge in [-0.1, -0.05) is 37.3 Å². The van der Waals surface area contributed by atoms with Crippen LogP contribution in [0.4, 0.5) is 0 Å². The Labute approximate surface area is 163 Å². The molecule has 0 saturated carbocycles. The predicted molar refractivity (Wildman–Crippen MR) is 101 cm³/mol. The second kappa shape index (κ2) is 7.70. The lowest BCUT2D eigenvalue weighted by Crippen LogP contribution is -2.49. The van der Waals surface area contributed by atoms with Crippen LogP contribution < -0.4 is 5.73 Å². The van der Waals surface area contributed by atoms with Crippen LogP contribution >= 0.6 is 0 Å². The van der Waals surface area contributed by atoms with Crippen LogP contribution in [0.1, 0.15) is 37.7 Å². The minimum Gasteiger partial charge on any atom is -0.464 e. The lowest BCUT2D eigenvalue weighted by Gasteiger charge is -2.44. The molecule has 0 aliphatic heterocycles. The summed E-state index contributed by atoms with van der Waals surface area (Å²) in [5, 5.41) is 19.9. The molecule has 2 N–H and O–H groups in total. The van der Waals surface area contributed by atoms with Gasteiger partial charge in [-0.05, 0) is 36.0 Å². The Morgan fingerprint density at radius 3 is 2.64 bits per heavy atom. The molecule has 2 aliphatic carbocycles. The highest BCUT2D eigenvalue weighted by atomic mass is 16.5. The summed E-state index contributed by atoms with van der Waals surface area (Å²) < 4.78 is 5.37. The van der Waals surface area contributed by atoms with Crippen molar-refractivity contribution in [1.82, 2.24) is 0 Å². The van der Waals surface area contributed by atoms with E-state index in [4.69, 9.17) is 10.5 Å². The molecule has 0 aromatic heterocycles. The van der Waals surface area contributed by atoms with Crippen molar-refractivity contribution in [2.24, 2.45) is 17.1 Å². The van der Waals surface area contributed by atoms with Gasteiger partial charge in [0.25, 0.3) is 0 Å². The molecule has 1 aromatic rings. The van der Waals surface area contributed by atoms with E-state index in [1.165, 1.54) is 6.08 Å². The van der Waals surface area contributed by atoms with E-state index in [0.717, 1.165) is 5.56 Å². The quantitative estimate of drug-likeness (QED) is 0.809. The molecule has 0 spiro atoms. The number of nitriles is 2. The van der Waals surface area contributed by atoms with E-state index in [0.29, 0.717) is 24.8 Å². The first-order valence-corrected chi connectivity index (χ1v) is 9.29. The van der Waals surface area contributed by atoms with Crippen molar-refractivity contribution < 1.29 is 14.3 Å². The molecule has 142 valence electrons. The number of nitrogens with zero attached hydrogens (tertiary/aromatic N) is 2. The fourth-order valence-corrected chi connectivity index (χ4v) is 4.22. The fourth-order valence-electron chi connectivity index (χ4n) is 4.22. The van der Waals surface area contributed by atoms with Crippen molar-refractivity contribution in [3.05, 3.63) is 58.8 Å². The molecule has 0 radical (unpaired) electrons. The van der Waals surface area contributed by atoms with Crippen molar-refractivity contribution in [2.45, 2.75) is 32.1 Å². The van der Waals surface area contributed by atoms with Gasteiger partial charge in [-0.25, -0.2) is 4.79 Å². The average molecular weight is 375 g/mol. The first-order valence-electron chi connectivity index (χ1n) is 9.29. The van der Waals surface area contributed by atoms with Crippen LogP contribution in [0.2, 0.25) is 0 Å². The summed E-state index contributed by atoms with van der Waals surface area (Å²) in [6.07, 6.45) is 2.77. The Morgan fingerprint density at radius 1 is 1.32 bits per heavy atom. The number of nitrogens with two attached hydrogens (primary N) is 1. The summed E-state index contributed by atoms with van der Waals surface area (Å²) in [7, 11) is 0. The van der Waals surface area contributed by atoms with E-state index in [2.05, 4.69) is 6.07 Å². The molecule has 2 aliphatic rings. The number of allylic oxidation sites excluding steroid dienone is 3. The van der Waals surface area contributed by atoms with Crippen molar-refractivity contribution in [1.29, 1.82) is 10.5 Å². The zero-order valence-electron chi connectivity index (χ0n) is 15.6. The van der Waals surface area contributed by atoms with E-state index in [-0.39, 0.29) is 29.6 Å². The van der Waals surface area contributed by atoms with Crippen LogP contribution in [-0.2, 0) is 14.3 Å². The lowest BCUT2D eigenvalue weighted by atomic mass is 9.56. The van der Waals surface area contributed by atoms with Crippen LogP contribution in [0.25, 0.3) is 0 Å². The largest absolute Gasteiger partial charge is 0.464 e. The highest BCUT2D eigenvalue weighted by molar-refractivity contribution is 5.94. The zero-order chi connectivity index (χ0) is 20.3. The van der Waals surface area contributed by atoms with Crippen LogP contribution in [0.5, 0.6) is 0 Å². The topological polar surface area (TPSA) is 117 Å². The lowest BCUT2D eigenvalue weighted by molar-refractivity contribution is -0.152. The standard InChI is InChI=1S/C22H21N3O3/c1-2-10-28-21(27)22(13-24)19(14-6-4-3-5-7-14)16-9-8-15(26)11-17(16)18(12-23)20(22)25/h3-7,11,16,19H,2,8-10,25H2,1H3. The molecular weight excluding hydrogens is 354 g/mol. The SMILES string of the molecule is CCCOC(=O)C1(C#N)C(N)=C(C#N)C2=CC(=O)CCC2C1c1ccccc1. The van der Waals surface area contributed by atoms with Gasteiger partial charge in [-0.3, -0.25) is 4.79 Å². The van der Waals surface area contributed by atoms with Gasteiger partial charge in [-0.15, -0.1) is 0 Å². The summed E-state index contributed by atoms with van der Waals surface area (Å²) in [6, 6.07) is 13.3. The van der Waals surface area contributed by atoms with Gasteiger partial charge in [0.15, 0.2) is 5.78 Å². The van der Waals surface area contributed by atoms with E-state index in [9.17, 15) is 20.1 Å². The number of carbonyl (C=O) groups is 2. The molecule has 6 heteroatoms. The normalized spacial score (nSPS) is 26.5. The van der Waals surface area contributed by atoms with E-state index in [1.807, 2.05) is 43.3 Å². The van der Waals surface area contributed by atoms with Gasteiger partial charge in [-0.2, -0.15) is 10.5 Å². The summed E-state index contributed by atoms with van der Waals surface area (Å²) in [5.74, 6) is -1.82. The molecule has 0 heterocycles. The molecule has 3 atom stereocenters. The maximum absolute atomic E-state index is 13.1. The molecule has 0 bridgehead atoms. The Hall–Kier alpha value is -3.38. The molecule has 1 aromatic carbocycles. The first-order chi connectivity index (χ1) is 13.5. The van der Waals surface area contributed by atoms with E-state index >= 15 is 0 Å². The fraction of sp³-hybridized carbons (Fsp3) is 0.364. The van der Waals surface area contributed by atoms with Crippen molar-refractivity contribution >= 4 is 11.8 Å². The average Bonchev–Trinajstić information content (AvgIpc) is 2.72. The number of esters is 1. The number of rotatable bonds is 4. The van der Waals surface area contributed by atoms with Gasteiger partial charge < -0.3 is 10.5 Å². The number of hydrogen-bond acceptors (Lipinski definition) is 6. The molecular formula is C22H21N3O3. The Bertz CT molecular complexity index is 949. The van der Waals surface area contributed by atoms with E-state index < -0.39 is 17.3 Å². The van der Waals surface area contributed by atoms with Gasteiger partial charge in [0.05, 0.1) is 23.9 Å². The number of ether oxygens (including phenoxy) is 1. The molecule has 0 amide bonds. The third kappa shape index (κ3) is 2.88. The number of benzene rings is 1. The van der Waals surface area contributed by atoms with Gasteiger partial charge in [0, 0.05) is 12.3 Å². The van der Waals surface area contributed by atoms with Gasteiger partial charge >= 0.3 is 5.97 Å². The maximum atomic E-state index is 13.1. The summed E-state index contributed by atoms with van der Waals surface area (Å²) in [6.45, 7) is 2.01. The van der Waals surface area contributed by atoms with Crippen LogP contribution in [0.3, 0.4) is 0 Å². The minimum absolute atomic E-state index is 0.0419. The Kier molecular flexibility index (Phi) is 5.33. The summed E-state index contributed by atoms with van der Waals surface area (Å²) in [5.41, 5.74) is 5.67. The smallest absolute Gasteiger partial charge is 0.333 e. The number of ketones is 1. The number of carbonyl (C=O) groups excluding carboxylic acids is 2. The van der Waals surface area contributed by atoms with Gasteiger partial charge in [0.2, 0.25) is 5.41 Å². The predicted octanol–water partition coefficient (Wildman–Crippen LogP) is 2.89. The second-order valence-corrected chi connectivity index (χ2v) is 7.06. The first kappa shape index (κ1) is 19.4. The maximum Gasteiger partial charge on any atom is 0.333 e. The molecule has 0 saturated heterocycles. The minimum atomic E-state index is -1.82. The highest BCUT2D eigenvalue weighted by Crippen LogP contribution is 2.56. The molecule has 3 unspecified atom stereocenters. The molecule has 3 rings (SSSR count). The zero-order valence-corrected chi connectivity index (χ0v) is 15.6. The van der Waals surface area contributed by atoms with Crippen LogP contribution in [-0.4, -0.2) is 18.4 Å². The van der Waals surface area contributed by atoms with Gasteiger partial charge in [0.1, 0.15) is 6.07 Å². The number of hydrogen-bond donors (Lipinski definition) is 1. The second-order valence-electron chi connectivity index (χ2n) is 7.06. The number of fused-ring (bicyclic) bond motifs is 1. The molecule has 6 nitrogen and oxygen atoms in total. The third-order valence-electron chi connectivity index (χ3n) is 5.48. The van der Waals surface area contributed by atoms with Crippen molar-refractivity contribution in [2.75, 3.05) is 6.61 Å². The third-order valence-corrected chi connectivity index (χ3v) is 5.48. The monoisotopic (exact) mass is 375 g/mol. The van der Waals surface area contributed by atoms with Crippen LogP contribution in [0.15, 0.2) is 53.3 Å².